The second-order valence-electron chi connectivity index (χ2n) is 6.73. The Balaban J connectivity index is 1.60. The van der Waals surface area contributed by atoms with Crippen molar-refractivity contribution in [1.82, 2.24) is 9.29 Å². The number of para-hydroxylation sites is 1. The van der Waals surface area contributed by atoms with Crippen LogP contribution < -0.4 is 5.73 Å². The molecule has 1 aliphatic carbocycles. The summed E-state index contributed by atoms with van der Waals surface area (Å²) in [7, 11) is -3.33. The molecule has 3 unspecified atom stereocenters. The number of hydrogen-bond donors (Lipinski definition) is 1. The molecule has 0 radical (unpaired) electrons. The number of fused-ring (bicyclic) bond motifs is 2. The quantitative estimate of drug-likeness (QED) is 0.929. The number of benzene rings is 1. The number of nitrogens with two attached hydrogens (primary N) is 1. The first-order valence-electron chi connectivity index (χ1n) is 8.10. The fourth-order valence-corrected chi connectivity index (χ4v) is 5.69. The van der Waals surface area contributed by atoms with E-state index in [0.29, 0.717) is 24.9 Å². The van der Waals surface area contributed by atoms with Crippen LogP contribution in [0.2, 0.25) is 0 Å². The zero-order chi connectivity index (χ0) is 16.0. The van der Waals surface area contributed by atoms with Gasteiger partial charge in [-0.15, -0.1) is 0 Å². The summed E-state index contributed by atoms with van der Waals surface area (Å²) in [6.07, 6.45) is 3.78. The lowest BCUT2D eigenvalue weighted by molar-refractivity contribution is 0.426. The number of hydrogen-bond acceptors (Lipinski definition) is 4. The lowest BCUT2D eigenvalue weighted by Crippen LogP contribution is -2.34. The summed E-state index contributed by atoms with van der Waals surface area (Å²) in [5, 5.41) is 0.973. The summed E-state index contributed by atoms with van der Waals surface area (Å²) in [6, 6.07) is 9.68. The molecule has 1 saturated carbocycles. The van der Waals surface area contributed by atoms with Crippen LogP contribution in [0.25, 0.3) is 10.9 Å². The van der Waals surface area contributed by atoms with Crippen LogP contribution in [-0.4, -0.2) is 36.8 Å². The zero-order valence-corrected chi connectivity index (χ0v) is 13.7. The Bertz CT molecular complexity index is 831. The van der Waals surface area contributed by atoms with E-state index in [9.17, 15) is 8.42 Å². The molecule has 1 aromatic carbocycles. The molecule has 1 aromatic heterocycles. The molecule has 2 heterocycles. The molecule has 2 fully saturated rings. The number of sulfonamides is 1. The molecule has 0 bridgehead atoms. The van der Waals surface area contributed by atoms with Gasteiger partial charge in [-0.2, -0.15) is 0 Å². The molecule has 2 N–H and O–H groups in total. The average Bonchev–Trinajstić information content (AvgIpc) is 3.11. The lowest BCUT2D eigenvalue weighted by Gasteiger charge is -2.19. The maximum atomic E-state index is 12.8. The van der Waals surface area contributed by atoms with Crippen molar-refractivity contribution in [2.75, 3.05) is 13.1 Å². The number of aromatic nitrogens is 1. The number of rotatable bonds is 3. The van der Waals surface area contributed by atoms with E-state index in [1.165, 1.54) is 0 Å². The summed E-state index contributed by atoms with van der Waals surface area (Å²) in [4.78, 5) is 4.36. The van der Waals surface area contributed by atoms with Gasteiger partial charge in [-0.3, -0.25) is 4.98 Å². The van der Waals surface area contributed by atoms with Crippen LogP contribution in [0.3, 0.4) is 0 Å². The predicted octanol–water partition coefficient (Wildman–Crippen LogP) is 1.73. The minimum Gasteiger partial charge on any atom is -0.327 e. The van der Waals surface area contributed by atoms with Gasteiger partial charge in [0.2, 0.25) is 10.0 Å². The van der Waals surface area contributed by atoms with E-state index in [1.807, 2.05) is 30.3 Å². The van der Waals surface area contributed by atoms with Crippen LogP contribution in [0, 0.1) is 11.8 Å². The van der Waals surface area contributed by atoms with E-state index in [1.54, 1.807) is 10.5 Å². The first-order valence-corrected chi connectivity index (χ1v) is 9.71. The largest absolute Gasteiger partial charge is 0.327 e. The van der Waals surface area contributed by atoms with Crippen molar-refractivity contribution in [3.05, 3.63) is 42.1 Å². The Morgan fingerprint density at radius 1 is 1.17 bits per heavy atom. The fourth-order valence-electron chi connectivity index (χ4n) is 4.07. The lowest BCUT2D eigenvalue weighted by atomic mass is 9.98. The van der Waals surface area contributed by atoms with Gasteiger partial charge in [0, 0.05) is 30.7 Å². The van der Waals surface area contributed by atoms with Gasteiger partial charge in [0.05, 0.1) is 11.3 Å². The highest BCUT2D eigenvalue weighted by Gasteiger charge is 2.44. The van der Waals surface area contributed by atoms with Crippen LogP contribution in [0.4, 0.5) is 0 Å². The third-order valence-corrected chi connectivity index (χ3v) is 7.09. The van der Waals surface area contributed by atoms with Gasteiger partial charge in [0.15, 0.2) is 0 Å². The van der Waals surface area contributed by atoms with Crippen LogP contribution in [0.5, 0.6) is 0 Å². The van der Waals surface area contributed by atoms with Crippen molar-refractivity contribution in [2.24, 2.45) is 17.6 Å². The van der Waals surface area contributed by atoms with Gasteiger partial charge < -0.3 is 5.73 Å². The van der Waals surface area contributed by atoms with Crippen LogP contribution in [-0.2, 0) is 15.8 Å². The molecule has 2 aromatic rings. The molecule has 23 heavy (non-hydrogen) atoms. The summed E-state index contributed by atoms with van der Waals surface area (Å²) in [5.74, 6) is 0.775. The van der Waals surface area contributed by atoms with Crippen molar-refractivity contribution < 1.29 is 8.42 Å². The molecule has 1 saturated heterocycles. The Hall–Kier alpha value is -1.50. The van der Waals surface area contributed by atoms with E-state index < -0.39 is 10.0 Å². The normalized spacial score (nSPS) is 28.3. The van der Waals surface area contributed by atoms with Crippen molar-refractivity contribution in [3.63, 3.8) is 0 Å². The predicted molar refractivity (Wildman–Crippen MR) is 90.1 cm³/mol. The van der Waals surface area contributed by atoms with Crippen LogP contribution in [0.15, 0.2) is 36.5 Å². The second-order valence-corrected chi connectivity index (χ2v) is 8.70. The van der Waals surface area contributed by atoms with Crippen LogP contribution >= 0.6 is 0 Å². The standard InChI is InChI=1S/C17H21N3O2S/c18-16-7-6-13-9-20(10-15(13)16)23(21,22)11-14-4-1-3-12-5-2-8-19-17(12)14/h1-5,8,13,15-16H,6-7,9-11,18H2. The Morgan fingerprint density at radius 3 is 2.83 bits per heavy atom. The molecular formula is C17H21N3O2S. The van der Waals surface area contributed by atoms with Gasteiger partial charge in [0.25, 0.3) is 0 Å². The molecular weight excluding hydrogens is 310 g/mol. The van der Waals surface area contributed by atoms with Gasteiger partial charge in [-0.05, 0) is 36.3 Å². The summed E-state index contributed by atoms with van der Waals surface area (Å²) in [6.45, 7) is 1.20. The molecule has 5 nitrogen and oxygen atoms in total. The second kappa shape index (κ2) is 5.54. The molecule has 4 rings (SSSR count). The van der Waals surface area contributed by atoms with Gasteiger partial charge in [-0.1, -0.05) is 24.3 Å². The number of pyridine rings is 1. The molecule has 0 spiro atoms. The van der Waals surface area contributed by atoms with Crippen molar-refractivity contribution in [2.45, 2.75) is 24.6 Å². The average molecular weight is 331 g/mol. The van der Waals surface area contributed by atoms with Gasteiger partial charge in [0.1, 0.15) is 0 Å². The van der Waals surface area contributed by atoms with E-state index in [-0.39, 0.29) is 11.8 Å². The molecule has 1 aliphatic heterocycles. The van der Waals surface area contributed by atoms with Crippen molar-refractivity contribution >= 4 is 20.9 Å². The SMILES string of the molecule is NC1CCC2CN(S(=O)(=O)Cc3cccc4cccnc34)CC12. The smallest absolute Gasteiger partial charge is 0.218 e. The monoisotopic (exact) mass is 331 g/mol. The van der Waals surface area contributed by atoms with E-state index in [2.05, 4.69) is 4.98 Å². The number of nitrogens with zero attached hydrogens (tertiary/aromatic N) is 2. The maximum Gasteiger partial charge on any atom is 0.218 e. The zero-order valence-electron chi connectivity index (χ0n) is 12.9. The third kappa shape index (κ3) is 2.65. The first-order chi connectivity index (χ1) is 11.0. The van der Waals surface area contributed by atoms with Gasteiger partial charge in [-0.25, -0.2) is 12.7 Å². The Kier molecular flexibility index (Phi) is 3.63. The Labute approximate surface area is 136 Å². The third-order valence-electron chi connectivity index (χ3n) is 5.33. The molecule has 3 atom stereocenters. The highest BCUT2D eigenvalue weighted by molar-refractivity contribution is 7.88. The van der Waals surface area contributed by atoms with Crippen molar-refractivity contribution in [1.29, 1.82) is 0 Å². The minimum absolute atomic E-state index is 0.00995. The Morgan fingerprint density at radius 2 is 2.00 bits per heavy atom. The molecule has 2 aliphatic rings. The minimum atomic E-state index is -3.33. The van der Waals surface area contributed by atoms with Crippen LogP contribution in [0.1, 0.15) is 18.4 Å². The molecule has 0 amide bonds. The first kappa shape index (κ1) is 15.1. The van der Waals surface area contributed by atoms with E-state index >= 15 is 0 Å². The highest BCUT2D eigenvalue weighted by Crippen LogP contribution is 2.38. The van der Waals surface area contributed by atoms with E-state index in [0.717, 1.165) is 29.3 Å². The topological polar surface area (TPSA) is 76.3 Å². The van der Waals surface area contributed by atoms with Crippen molar-refractivity contribution in [3.8, 4) is 0 Å². The summed E-state index contributed by atoms with van der Waals surface area (Å²) in [5.41, 5.74) is 7.66. The van der Waals surface area contributed by atoms with E-state index in [4.69, 9.17) is 5.73 Å². The summed E-state index contributed by atoms with van der Waals surface area (Å²) >= 11 is 0. The molecule has 122 valence electrons. The molecule has 6 heteroatoms. The fraction of sp³-hybridized carbons (Fsp3) is 0.471. The maximum absolute atomic E-state index is 12.8. The summed E-state index contributed by atoms with van der Waals surface area (Å²) < 4.78 is 27.3. The highest BCUT2D eigenvalue weighted by atomic mass is 32.2. The van der Waals surface area contributed by atoms with Gasteiger partial charge >= 0.3 is 0 Å².